The molecule has 30 heavy (non-hydrogen) atoms. The van der Waals surface area contributed by atoms with E-state index in [4.69, 9.17) is 23.2 Å². The fourth-order valence-electron chi connectivity index (χ4n) is 3.99. The molecule has 0 spiro atoms. The van der Waals surface area contributed by atoms with E-state index in [2.05, 4.69) is 5.32 Å². The molecule has 0 unspecified atom stereocenters. The third-order valence-corrected chi connectivity index (χ3v) is 6.36. The highest BCUT2D eigenvalue weighted by atomic mass is 35.5. The van der Waals surface area contributed by atoms with Crippen molar-refractivity contribution in [3.05, 3.63) is 69.7 Å². The number of hydrogen-bond donors (Lipinski definition) is 1. The molecule has 2 amide bonds. The lowest BCUT2D eigenvalue weighted by Gasteiger charge is -2.31. The largest absolute Gasteiger partial charge is 0.352 e. The van der Waals surface area contributed by atoms with E-state index in [0.717, 1.165) is 36.8 Å². The Balaban J connectivity index is 1.80. The number of hydrogen-bond acceptors (Lipinski definition) is 2. The molecule has 1 N–H and O–H groups in total. The van der Waals surface area contributed by atoms with Gasteiger partial charge in [0.2, 0.25) is 11.8 Å². The highest BCUT2D eigenvalue weighted by Crippen LogP contribution is 2.24. The SMILES string of the molecule is CC[C@H](C(=O)NC1CCCC1)N(Cc1ccccc1)C(=O)Cc1ccc(Cl)c(Cl)c1. The number of carbonyl (C=O) groups is 2. The van der Waals surface area contributed by atoms with Gasteiger partial charge in [0, 0.05) is 12.6 Å². The van der Waals surface area contributed by atoms with Crippen molar-refractivity contribution >= 4 is 35.0 Å². The van der Waals surface area contributed by atoms with Gasteiger partial charge in [0.05, 0.1) is 16.5 Å². The molecule has 0 saturated heterocycles. The molecule has 1 aliphatic rings. The van der Waals surface area contributed by atoms with Gasteiger partial charge in [-0.1, -0.05) is 79.4 Å². The summed E-state index contributed by atoms with van der Waals surface area (Å²) in [6.45, 7) is 2.33. The first-order valence-corrected chi connectivity index (χ1v) is 11.3. The minimum atomic E-state index is -0.513. The van der Waals surface area contributed by atoms with Crippen LogP contribution in [0.3, 0.4) is 0 Å². The molecule has 6 heteroatoms. The summed E-state index contributed by atoms with van der Waals surface area (Å²) in [5.74, 6) is -0.173. The van der Waals surface area contributed by atoms with Crippen LogP contribution in [-0.4, -0.2) is 28.8 Å². The Kier molecular flexibility index (Phi) is 8.17. The number of rotatable bonds is 8. The van der Waals surface area contributed by atoms with E-state index >= 15 is 0 Å². The van der Waals surface area contributed by atoms with Gasteiger partial charge < -0.3 is 10.2 Å². The highest BCUT2D eigenvalue weighted by molar-refractivity contribution is 6.42. The van der Waals surface area contributed by atoms with Crippen molar-refractivity contribution in [2.45, 2.75) is 64.1 Å². The maximum absolute atomic E-state index is 13.3. The zero-order valence-corrected chi connectivity index (χ0v) is 18.8. The van der Waals surface area contributed by atoms with Crippen LogP contribution in [-0.2, 0) is 22.6 Å². The maximum atomic E-state index is 13.3. The van der Waals surface area contributed by atoms with Crippen molar-refractivity contribution in [1.29, 1.82) is 0 Å². The molecule has 0 radical (unpaired) electrons. The number of amides is 2. The van der Waals surface area contributed by atoms with Gasteiger partial charge in [-0.3, -0.25) is 9.59 Å². The van der Waals surface area contributed by atoms with E-state index in [1.165, 1.54) is 0 Å². The summed E-state index contributed by atoms with van der Waals surface area (Å²) in [7, 11) is 0. The van der Waals surface area contributed by atoms with E-state index in [0.29, 0.717) is 23.0 Å². The van der Waals surface area contributed by atoms with Gasteiger partial charge in [0.1, 0.15) is 6.04 Å². The monoisotopic (exact) mass is 446 g/mol. The molecule has 2 aromatic rings. The van der Waals surface area contributed by atoms with Crippen molar-refractivity contribution in [2.24, 2.45) is 0 Å². The van der Waals surface area contributed by atoms with Crippen LogP contribution in [0.2, 0.25) is 10.0 Å². The number of halogens is 2. The molecular weight excluding hydrogens is 419 g/mol. The van der Waals surface area contributed by atoms with Crippen LogP contribution in [0.25, 0.3) is 0 Å². The first-order valence-electron chi connectivity index (χ1n) is 10.6. The second kappa shape index (κ2) is 10.8. The number of carbonyl (C=O) groups excluding carboxylic acids is 2. The third kappa shape index (κ3) is 5.99. The molecule has 0 bridgehead atoms. The average molecular weight is 447 g/mol. The summed E-state index contributed by atoms with van der Waals surface area (Å²) in [5, 5.41) is 4.03. The molecule has 0 heterocycles. The van der Waals surface area contributed by atoms with Crippen LogP contribution < -0.4 is 5.32 Å². The van der Waals surface area contributed by atoms with Crippen LogP contribution >= 0.6 is 23.2 Å². The van der Waals surface area contributed by atoms with Crippen molar-refractivity contribution in [3.8, 4) is 0 Å². The van der Waals surface area contributed by atoms with Crippen molar-refractivity contribution in [2.75, 3.05) is 0 Å². The summed E-state index contributed by atoms with van der Waals surface area (Å²) in [5.41, 5.74) is 1.77. The summed E-state index contributed by atoms with van der Waals surface area (Å²) in [4.78, 5) is 28.1. The fourth-order valence-corrected chi connectivity index (χ4v) is 4.31. The quantitative estimate of drug-likeness (QED) is 0.589. The molecule has 1 fully saturated rings. The smallest absolute Gasteiger partial charge is 0.243 e. The number of benzene rings is 2. The second-order valence-corrected chi connectivity index (χ2v) is 8.66. The molecule has 160 valence electrons. The summed E-state index contributed by atoms with van der Waals surface area (Å²) in [6, 6.07) is 14.7. The van der Waals surface area contributed by atoms with Crippen LogP contribution in [0.4, 0.5) is 0 Å². The lowest BCUT2D eigenvalue weighted by Crippen LogP contribution is -2.51. The van der Waals surface area contributed by atoms with Gasteiger partial charge in [-0.15, -0.1) is 0 Å². The van der Waals surface area contributed by atoms with Crippen molar-refractivity contribution in [3.63, 3.8) is 0 Å². The average Bonchev–Trinajstić information content (AvgIpc) is 3.24. The minimum absolute atomic E-state index is 0.0668. The Labute approximate surface area is 188 Å². The van der Waals surface area contributed by atoms with Gasteiger partial charge in [-0.25, -0.2) is 0 Å². The molecular formula is C24H28Cl2N2O2. The molecule has 0 aromatic heterocycles. The van der Waals surface area contributed by atoms with E-state index in [1.807, 2.05) is 37.3 Å². The predicted octanol–water partition coefficient (Wildman–Crippen LogP) is 5.40. The third-order valence-electron chi connectivity index (χ3n) is 5.62. The highest BCUT2D eigenvalue weighted by Gasteiger charge is 2.30. The molecule has 0 aliphatic heterocycles. The molecule has 1 saturated carbocycles. The second-order valence-electron chi connectivity index (χ2n) is 7.85. The Morgan fingerprint density at radius 1 is 1.03 bits per heavy atom. The van der Waals surface area contributed by atoms with Gasteiger partial charge in [-0.05, 0) is 42.5 Å². The maximum Gasteiger partial charge on any atom is 0.243 e. The molecule has 3 rings (SSSR count). The Bertz CT molecular complexity index is 867. The van der Waals surface area contributed by atoms with Crippen LogP contribution in [0.5, 0.6) is 0 Å². The Morgan fingerprint density at radius 3 is 2.37 bits per heavy atom. The van der Waals surface area contributed by atoms with E-state index in [-0.39, 0.29) is 24.3 Å². The first kappa shape index (κ1) is 22.6. The predicted molar refractivity (Wildman–Crippen MR) is 122 cm³/mol. The number of nitrogens with zero attached hydrogens (tertiary/aromatic N) is 1. The van der Waals surface area contributed by atoms with Crippen molar-refractivity contribution in [1.82, 2.24) is 10.2 Å². The zero-order valence-electron chi connectivity index (χ0n) is 17.2. The van der Waals surface area contributed by atoms with Gasteiger partial charge in [0.25, 0.3) is 0 Å². The minimum Gasteiger partial charge on any atom is -0.352 e. The standard InChI is InChI=1S/C24H28Cl2N2O2/c1-2-22(24(30)27-19-10-6-7-11-19)28(16-17-8-4-3-5-9-17)23(29)15-18-12-13-20(25)21(26)14-18/h3-5,8-9,12-14,19,22H,2,6-7,10-11,15-16H2,1H3,(H,27,30)/t22-/m1/s1. The van der Waals surface area contributed by atoms with Gasteiger partial charge in [0.15, 0.2) is 0 Å². The van der Waals surface area contributed by atoms with Crippen LogP contribution in [0.15, 0.2) is 48.5 Å². The molecule has 1 aliphatic carbocycles. The lowest BCUT2D eigenvalue weighted by atomic mass is 10.1. The molecule has 4 nitrogen and oxygen atoms in total. The van der Waals surface area contributed by atoms with Crippen molar-refractivity contribution < 1.29 is 9.59 Å². The summed E-state index contributed by atoms with van der Waals surface area (Å²) < 4.78 is 0. The van der Waals surface area contributed by atoms with Gasteiger partial charge in [-0.2, -0.15) is 0 Å². The topological polar surface area (TPSA) is 49.4 Å². The molecule has 1 atom stereocenters. The Morgan fingerprint density at radius 2 is 1.73 bits per heavy atom. The first-order chi connectivity index (χ1) is 14.5. The summed E-state index contributed by atoms with van der Waals surface area (Å²) >= 11 is 12.1. The van der Waals surface area contributed by atoms with Gasteiger partial charge >= 0.3 is 0 Å². The normalized spacial score (nSPS) is 15.0. The Hall–Kier alpha value is -2.04. The lowest BCUT2D eigenvalue weighted by molar-refractivity contribution is -0.141. The van der Waals surface area contributed by atoms with E-state index < -0.39 is 6.04 Å². The molecule has 2 aromatic carbocycles. The van der Waals surface area contributed by atoms with Crippen LogP contribution in [0.1, 0.15) is 50.2 Å². The van der Waals surface area contributed by atoms with Crippen LogP contribution in [0, 0.1) is 0 Å². The number of nitrogens with one attached hydrogen (secondary N) is 1. The zero-order chi connectivity index (χ0) is 21.5. The fraction of sp³-hybridized carbons (Fsp3) is 0.417. The summed E-state index contributed by atoms with van der Waals surface area (Å²) in [6.07, 6.45) is 5.03. The van der Waals surface area contributed by atoms with E-state index in [9.17, 15) is 9.59 Å². The van der Waals surface area contributed by atoms with E-state index in [1.54, 1.807) is 23.1 Å².